The molecule has 0 amide bonds. The molecule has 0 atom stereocenters. The number of allylic oxidation sites excluding steroid dienone is 5. The minimum atomic E-state index is -0.901. The molecule has 2 aliphatic carbocycles. The molecule has 5 rings (SSSR count). The predicted octanol–water partition coefficient (Wildman–Crippen LogP) is -0.0961. The van der Waals surface area contributed by atoms with E-state index in [1.54, 1.807) is 0 Å². The lowest BCUT2D eigenvalue weighted by Gasteiger charge is -2.27. The number of imidazole rings is 1. The number of hydrogen-bond acceptors (Lipinski definition) is 7. The maximum absolute atomic E-state index is 14.1. The van der Waals surface area contributed by atoms with E-state index in [1.165, 1.54) is 26.4 Å². The van der Waals surface area contributed by atoms with Crippen molar-refractivity contribution < 1.29 is 28.8 Å². The molecule has 36 heavy (non-hydrogen) atoms. The van der Waals surface area contributed by atoms with E-state index in [0.717, 1.165) is 9.13 Å². The lowest BCUT2D eigenvalue weighted by molar-refractivity contribution is -0.841. The summed E-state index contributed by atoms with van der Waals surface area (Å²) in [6, 6.07) is 0. The van der Waals surface area contributed by atoms with Gasteiger partial charge in [0.05, 0.1) is 43.5 Å². The normalized spacial score (nSPS) is 19.3. The fourth-order valence-corrected chi connectivity index (χ4v) is 5.43. The Morgan fingerprint density at radius 2 is 1.69 bits per heavy atom. The summed E-state index contributed by atoms with van der Waals surface area (Å²) in [5.41, 5.74) is 5.83. The summed E-state index contributed by atoms with van der Waals surface area (Å²) in [5, 5.41) is 10.9. The largest absolute Gasteiger partial charge is 0.493 e. The molecule has 11 nitrogen and oxygen atoms in total. The summed E-state index contributed by atoms with van der Waals surface area (Å²) in [6.07, 6.45) is 3.52. The average Bonchev–Trinajstić information content (AvgIpc) is 3.44. The molecule has 0 aromatic carbocycles. The number of aromatic nitrogens is 3. The number of likely N-dealkylation sites (tertiary alicyclic amines) is 1. The Labute approximate surface area is 205 Å². The molecule has 0 bridgehead atoms. The van der Waals surface area contributed by atoms with Crippen LogP contribution in [0.15, 0.2) is 39.5 Å². The van der Waals surface area contributed by atoms with Gasteiger partial charge in [-0.1, -0.05) is 0 Å². The number of nitrogens with zero attached hydrogens (tertiary/aromatic N) is 3. The van der Waals surface area contributed by atoms with Gasteiger partial charge in [0.1, 0.15) is 11.4 Å². The summed E-state index contributed by atoms with van der Waals surface area (Å²) in [5.74, 6) is -3.54. The highest BCUT2D eigenvalue weighted by Gasteiger charge is 2.48. The van der Waals surface area contributed by atoms with Crippen molar-refractivity contribution in [2.75, 3.05) is 27.2 Å². The van der Waals surface area contributed by atoms with E-state index in [4.69, 9.17) is 5.73 Å². The van der Waals surface area contributed by atoms with Crippen LogP contribution in [-0.2, 0) is 30.1 Å². The molecule has 0 saturated carbocycles. The zero-order valence-electron chi connectivity index (χ0n) is 20.4. The summed E-state index contributed by atoms with van der Waals surface area (Å²) in [4.78, 5) is 69.7. The van der Waals surface area contributed by atoms with E-state index in [9.17, 15) is 29.1 Å². The number of rotatable bonds is 4. The van der Waals surface area contributed by atoms with Gasteiger partial charge in [-0.2, -0.15) is 0 Å². The second kappa shape index (κ2) is 7.70. The van der Waals surface area contributed by atoms with E-state index in [-0.39, 0.29) is 40.2 Å². The van der Waals surface area contributed by atoms with Crippen molar-refractivity contribution in [1.29, 1.82) is 0 Å². The van der Waals surface area contributed by atoms with Gasteiger partial charge in [-0.05, 0) is 18.5 Å². The third kappa shape index (κ3) is 2.96. The molecule has 1 fully saturated rings. The number of nitrogens with one attached hydrogen (secondary N) is 1. The highest BCUT2D eigenvalue weighted by molar-refractivity contribution is 6.53. The van der Waals surface area contributed by atoms with Gasteiger partial charge in [0, 0.05) is 43.4 Å². The lowest BCUT2D eigenvalue weighted by Crippen LogP contribution is -2.37. The number of quaternary nitrogens is 1. The number of carbonyl (C=O) groups excluding carboxylic acids is 4. The molecule has 0 radical (unpaired) electrons. The monoisotopic (exact) mass is 492 g/mol. The predicted molar refractivity (Wildman–Crippen MR) is 128 cm³/mol. The fourth-order valence-electron chi connectivity index (χ4n) is 5.43. The van der Waals surface area contributed by atoms with Gasteiger partial charge in [-0.3, -0.25) is 32.8 Å². The van der Waals surface area contributed by atoms with Crippen molar-refractivity contribution in [3.63, 3.8) is 0 Å². The van der Waals surface area contributed by atoms with Crippen LogP contribution < -0.4 is 11.4 Å². The highest BCUT2D eigenvalue weighted by Crippen LogP contribution is 2.45. The lowest BCUT2D eigenvalue weighted by atomic mass is 9.76. The number of nitrogens with two attached hydrogens (primary N) is 1. The van der Waals surface area contributed by atoms with E-state index in [2.05, 4.69) is 4.98 Å². The number of H-pyrrole nitrogens is 1. The summed E-state index contributed by atoms with van der Waals surface area (Å²) in [7, 11) is 6.46. The first-order valence-corrected chi connectivity index (χ1v) is 11.5. The molecule has 1 aliphatic heterocycles. The zero-order valence-corrected chi connectivity index (χ0v) is 20.4. The van der Waals surface area contributed by atoms with E-state index in [0.29, 0.717) is 40.7 Å². The van der Waals surface area contributed by atoms with Crippen molar-refractivity contribution in [2.24, 2.45) is 19.8 Å². The molecule has 186 valence electrons. The molecule has 0 spiro atoms. The molecule has 4 N–H and O–H groups in total. The van der Waals surface area contributed by atoms with Crippen LogP contribution >= 0.6 is 0 Å². The quantitative estimate of drug-likeness (QED) is 0.306. The van der Waals surface area contributed by atoms with E-state index < -0.39 is 34.7 Å². The first-order chi connectivity index (χ1) is 16.9. The number of ketones is 4. The Morgan fingerprint density at radius 3 is 2.31 bits per heavy atom. The van der Waals surface area contributed by atoms with Crippen molar-refractivity contribution in [1.82, 2.24) is 14.1 Å². The van der Waals surface area contributed by atoms with Gasteiger partial charge >= 0.3 is 5.69 Å². The van der Waals surface area contributed by atoms with E-state index in [1.807, 2.05) is 14.1 Å². The molecular formula is C25H26N5O6+. The van der Waals surface area contributed by atoms with Gasteiger partial charge in [-0.25, -0.2) is 4.79 Å². The molecule has 0 unspecified atom stereocenters. The highest BCUT2D eigenvalue weighted by atomic mass is 16.3. The molecule has 2 aromatic rings. The Kier molecular flexibility index (Phi) is 5.06. The van der Waals surface area contributed by atoms with Crippen LogP contribution in [0, 0.1) is 0 Å². The molecule has 3 heterocycles. The van der Waals surface area contributed by atoms with Crippen LogP contribution in [0.2, 0.25) is 0 Å². The number of hydrogen-bond donors (Lipinski definition) is 3. The number of fused-ring (bicyclic) bond motifs is 2. The third-order valence-electron chi connectivity index (χ3n) is 7.36. The maximum atomic E-state index is 14.1. The summed E-state index contributed by atoms with van der Waals surface area (Å²) >= 11 is 0. The SMILES string of the molecule is Cn1c(O)c(C2=C(C3=C4CC[N+](C)(C)C4=CC(=O)C3=O)C(=O)c3[nH]cc(CCN)c3C2=O)n(C)c1=O. The van der Waals surface area contributed by atoms with Gasteiger partial charge in [0.2, 0.25) is 23.2 Å². The second-order valence-corrected chi connectivity index (χ2v) is 9.82. The summed E-state index contributed by atoms with van der Waals surface area (Å²) < 4.78 is 2.33. The first kappa shape index (κ1) is 23.6. The van der Waals surface area contributed by atoms with Crippen molar-refractivity contribution in [3.8, 4) is 5.88 Å². The van der Waals surface area contributed by atoms with Crippen molar-refractivity contribution in [2.45, 2.75) is 12.8 Å². The van der Waals surface area contributed by atoms with Gasteiger partial charge in [0.25, 0.3) is 0 Å². The van der Waals surface area contributed by atoms with Gasteiger partial charge in [-0.15, -0.1) is 0 Å². The van der Waals surface area contributed by atoms with Crippen molar-refractivity contribution in [3.05, 3.63) is 67.7 Å². The van der Waals surface area contributed by atoms with E-state index >= 15 is 0 Å². The first-order valence-electron chi connectivity index (χ1n) is 11.5. The number of Topliss-reactive ketones (excluding diaryl/α,β-unsaturated/α-hetero) is 3. The molecule has 1 saturated heterocycles. The fraction of sp³-hybridized carbons (Fsp3) is 0.320. The van der Waals surface area contributed by atoms with Crippen LogP contribution in [-0.4, -0.2) is 74.0 Å². The minimum Gasteiger partial charge on any atom is -0.493 e. The molecule has 2 aromatic heterocycles. The smallest absolute Gasteiger partial charge is 0.331 e. The number of aromatic amines is 1. The maximum Gasteiger partial charge on any atom is 0.331 e. The molecular weight excluding hydrogens is 466 g/mol. The topological polar surface area (TPSA) is 157 Å². The number of aromatic hydroxyl groups is 1. The van der Waals surface area contributed by atoms with Crippen molar-refractivity contribution >= 4 is 28.7 Å². The Bertz CT molecular complexity index is 1590. The Balaban J connectivity index is 1.93. The standard InChI is InChI=1S/C25H25N5O6/c1-28-20(24(35)29(2)25(28)36)18-17(23(34)19-15(22(18)33)11(5-7-26)10-27-19)16-12-6-8-30(3,4)13(12)9-14(31)21(16)32/h9-10H,5-8,26H2,1-4H3,(H-,27,31,33,34,35)/p+1. The number of carbonyl (C=O) groups is 4. The summed E-state index contributed by atoms with van der Waals surface area (Å²) in [6.45, 7) is 0.801. The van der Waals surface area contributed by atoms with Crippen LogP contribution in [0.5, 0.6) is 5.88 Å². The average molecular weight is 493 g/mol. The van der Waals surface area contributed by atoms with Crippen LogP contribution in [0.4, 0.5) is 0 Å². The third-order valence-corrected chi connectivity index (χ3v) is 7.36. The van der Waals surface area contributed by atoms with Gasteiger partial charge < -0.3 is 15.8 Å². The van der Waals surface area contributed by atoms with Crippen LogP contribution in [0.1, 0.15) is 38.5 Å². The van der Waals surface area contributed by atoms with Gasteiger partial charge in [0.15, 0.2) is 5.78 Å². The van der Waals surface area contributed by atoms with Crippen LogP contribution in [0.25, 0.3) is 5.57 Å². The number of likely N-dealkylation sites (N-methyl/N-ethyl adjacent to an activating group) is 1. The Morgan fingerprint density at radius 1 is 1.00 bits per heavy atom. The zero-order chi connectivity index (χ0) is 26.3. The second-order valence-electron chi connectivity index (χ2n) is 9.82. The van der Waals surface area contributed by atoms with Crippen LogP contribution in [0.3, 0.4) is 0 Å². The molecule has 11 heteroatoms. The molecule has 3 aliphatic rings. The Hall–Kier alpha value is -4.09. The minimum absolute atomic E-state index is 0.0150.